The Bertz CT molecular complexity index is 544. The van der Waals surface area contributed by atoms with Gasteiger partial charge in [-0.25, -0.2) is 4.39 Å². The molecule has 2 rings (SSSR count). The van der Waals surface area contributed by atoms with Crippen molar-refractivity contribution in [2.75, 3.05) is 26.7 Å². The van der Waals surface area contributed by atoms with Gasteiger partial charge in [-0.2, -0.15) is 0 Å². The van der Waals surface area contributed by atoms with Gasteiger partial charge in [-0.15, -0.1) is 0 Å². The molecule has 1 fully saturated rings. The fourth-order valence-electron chi connectivity index (χ4n) is 2.58. The number of likely N-dealkylation sites (tertiary alicyclic amines) is 1. The number of nitrogens with zero attached hydrogens (tertiary/aromatic N) is 2. The lowest BCUT2D eigenvalue weighted by molar-refractivity contribution is -0.131. The van der Waals surface area contributed by atoms with Crippen molar-refractivity contribution in [2.45, 2.75) is 19.4 Å². The number of nitrogens with two attached hydrogens (primary N) is 1. The van der Waals surface area contributed by atoms with Gasteiger partial charge in [-0.3, -0.25) is 9.69 Å². The first-order valence-electron chi connectivity index (χ1n) is 7.02. The maximum absolute atomic E-state index is 13.4. The second-order valence-corrected chi connectivity index (χ2v) is 5.87. The number of halogens is 1. The van der Waals surface area contributed by atoms with Gasteiger partial charge in [0.1, 0.15) is 10.8 Å². The Morgan fingerprint density at radius 2 is 2.10 bits per heavy atom. The Morgan fingerprint density at radius 1 is 1.43 bits per heavy atom. The third kappa shape index (κ3) is 4.22. The summed E-state index contributed by atoms with van der Waals surface area (Å²) in [5, 5.41) is 0. The summed E-state index contributed by atoms with van der Waals surface area (Å²) in [5.74, 6) is -0.215. The third-order valence-corrected chi connectivity index (χ3v) is 3.86. The zero-order valence-corrected chi connectivity index (χ0v) is 13.0. The molecule has 1 amide bonds. The molecule has 4 nitrogen and oxygen atoms in total. The minimum atomic E-state index is -0.329. The summed E-state index contributed by atoms with van der Waals surface area (Å²) in [6.07, 6.45) is 2.15. The average Bonchev–Trinajstić information content (AvgIpc) is 2.91. The summed E-state index contributed by atoms with van der Waals surface area (Å²) in [4.78, 5) is 16.1. The van der Waals surface area contributed by atoms with Crippen LogP contribution >= 0.6 is 12.2 Å². The highest BCUT2D eigenvalue weighted by molar-refractivity contribution is 7.80. The first kappa shape index (κ1) is 15.9. The van der Waals surface area contributed by atoms with Crippen molar-refractivity contribution in [1.82, 2.24) is 9.80 Å². The molecule has 2 N–H and O–H groups in total. The van der Waals surface area contributed by atoms with Gasteiger partial charge in [0.2, 0.25) is 5.91 Å². The van der Waals surface area contributed by atoms with Crippen LogP contribution in [0.25, 0.3) is 0 Å². The van der Waals surface area contributed by atoms with E-state index in [0.717, 1.165) is 25.9 Å². The maximum Gasteiger partial charge on any atom is 0.236 e. The molecule has 1 aromatic carbocycles. The largest absolute Gasteiger partial charge is 0.389 e. The molecule has 1 saturated heterocycles. The Labute approximate surface area is 129 Å². The van der Waals surface area contributed by atoms with E-state index in [4.69, 9.17) is 18.0 Å². The van der Waals surface area contributed by atoms with Gasteiger partial charge in [0, 0.05) is 25.2 Å². The molecule has 1 aliphatic rings. The highest BCUT2D eigenvalue weighted by atomic mass is 32.1. The van der Waals surface area contributed by atoms with E-state index in [2.05, 4.69) is 0 Å². The minimum absolute atomic E-state index is 0.114. The number of carbonyl (C=O) groups excluding carboxylic acids is 1. The molecule has 114 valence electrons. The molecule has 1 aliphatic heterocycles. The lowest BCUT2D eigenvalue weighted by atomic mass is 10.1. The molecule has 21 heavy (non-hydrogen) atoms. The van der Waals surface area contributed by atoms with Crippen LogP contribution in [0.1, 0.15) is 24.0 Å². The maximum atomic E-state index is 13.4. The number of thiocarbonyl (C=S) groups is 1. The number of rotatable bonds is 5. The third-order valence-electron chi connectivity index (χ3n) is 3.64. The summed E-state index contributed by atoms with van der Waals surface area (Å²) < 4.78 is 13.4. The SMILES string of the molecule is CN(CC(=O)N1CCCC1)Cc1cc(F)ccc1C(N)=S. The molecule has 0 radical (unpaired) electrons. The molecule has 0 saturated carbocycles. The summed E-state index contributed by atoms with van der Waals surface area (Å²) in [5.41, 5.74) is 7.02. The second-order valence-electron chi connectivity index (χ2n) is 5.43. The summed E-state index contributed by atoms with van der Waals surface area (Å²) in [7, 11) is 1.84. The monoisotopic (exact) mass is 309 g/mol. The van der Waals surface area contributed by atoms with Crippen molar-refractivity contribution in [3.63, 3.8) is 0 Å². The van der Waals surface area contributed by atoms with Crippen LogP contribution in [-0.2, 0) is 11.3 Å². The normalized spacial score (nSPS) is 14.7. The van der Waals surface area contributed by atoms with Crippen molar-refractivity contribution < 1.29 is 9.18 Å². The number of benzene rings is 1. The van der Waals surface area contributed by atoms with Crippen molar-refractivity contribution in [3.05, 3.63) is 35.1 Å². The van der Waals surface area contributed by atoms with Crippen LogP contribution < -0.4 is 5.73 Å². The van der Waals surface area contributed by atoms with Gasteiger partial charge >= 0.3 is 0 Å². The summed E-state index contributed by atoms with van der Waals surface area (Å²) in [6, 6.07) is 4.35. The van der Waals surface area contributed by atoms with E-state index in [1.54, 1.807) is 6.07 Å². The highest BCUT2D eigenvalue weighted by Gasteiger charge is 2.19. The Balaban J connectivity index is 2.01. The molecular formula is C15H20FN3OS. The number of amides is 1. The van der Waals surface area contributed by atoms with Gasteiger partial charge in [-0.1, -0.05) is 12.2 Å². The first-order valence-corrected chi connectivity index (χ1v) is 7.43. The van der Waals surface area contributed by atoms with Crippen LogP contribution in [0.3, 0.4) is 0 Å². The number of hydrogen-bond donors (Lipinski definition) is 1. The standard InChI is InChI=1S/C15H20FN3OS/c1-18(10-14(20)19-6-2-3-7-19)9-11-8-12(16)4-5-13(11)15(17)21/h4-5,8H,2-3,6-7,9-10H2,1H3,(H2,17,21). The van der Waals surface area contributed by atoms with Gasteiger partial charge in [-0.05, 0) is 43.7 Å². The van der Waals surface area contributed by atoms with Gasteiger partial charge in [0.25, 0.3) is 0 Å². The van der Waals surface area contributed by atoms with Gasteiger partial charge in [0.15, 0.2) is 0 Å². The second kappa shape index (κ2) is 6.95. The fourth-order valence-corrected chi connectivity index (χ4v) is 2.78. The van der Waals surface area contributed by atoms with Crippen LogP contribution in [0.5, 0.6) is 0 Å². The molecule has 6 heteroatoms. The van der Waals surface area contributed by atoms with E-state index in [1.807, 2.05) is 16.8 Å². The fraction of sp³-hybridized carbons (Fsp3) is 0.467. The lowest BCUT2D eigenvalue weighted by Crippen LogP contribution is -2.37. The topological polar surface area (TPSA) is 49.6 Å². The minimum Gasteiger partial charge on any atom is -0.389 e. The van der Waals surface area contributed by atoms with Gasteiger partial charge < -0.3 is 10.6 Å². The lowest BCUT2D eigenvalue weighted by Gasteiger charge is -2.22. The molecule has 1 aromatic rings. The van der Waals surface area contributed by atoms with E-state index in [0.29, 0.717) is 24.2 Å². The smallest absolute Gasteiger partial charge is 0.236 e. The molecule has 0 spiro atoms. The van der Waals surface area contributed by atoms with E-state index in [-0.39, 0.29) is 16.7 Å². The van der Waals surface area contributed by atoms with Crippen molar-refractivity contribution in [1.29, 1.82) is 0 Å². The quantitative estimate of drug-likeness (QED) is 0.838. The highest BCUT2D eigenvalue weighted by Crippen LogP contribution is 2.14. The van der Waals surface area contributed by atoms with Crippen molar-refractivity contribution >= 4 is 23.1 Å². The Kier molecular flexibility index (Phi) is 5.25. The van der Waals surface area contributed by atoms with E-state index in [9.17, 15) is 9.18 Å². The first-order chi connectivity index (χ1) is 9.97. The van der Waals surface area contributed by atoms with E-state index < -0.39 is 0 Å². The van der Waals surface area contributed by atoms with Crippen LogP contribution in [0.2, 0.25) is 0 Å². The molecule has 1 heterocycles. The van der Waals surface area contributed by atoms with Crippen LogP contribution in [-0.4, -0.2) is 47.4 Å². The average molecular weight is 309 g/mol. The predicted molar refractivity (Wildman–Crippen MR) is 84.4 cm³/mol. The van der Waals surface area contributed by atoms with E-state index in [1.165, 1.54) is 12.1 Å². The number of likely N-dealkylation sites (N-methyl/N-ethyl adjacent to an activating group) is 1. The summed E-state index contributed by atoms with van der Waals surface area (Å²) in [6.45, 7) is 2.42. The Hall–Kier alpha value is -1.53. The van der Waals surface area contributed by atoms with Crippen LogP contribution in [0, 0.1) is 5.82 Å². The molecular weight excluding hydrogens is 289 g/mol. The molecule has 0 bridgehead atoms. The van der Waals surface area contributed by atoms with Crippen molar-refractivity contribution in [2.24, 2.45) is 5.73 Å². The molecule has 0 unspecified atom stereocenters. The predicted octanol–water partition coefficient (Wildman–Crippen LogP) is 1.51. The summed E-state index contributed by atoms with van der Waals surface area (Å²) >= 11 is 4.98. The number of carbonyl (C=O) groups is 1. The van der Waals surface area contributed by atoms with Crippen LogP contribution in [0.4, 0.5) is 4.39 Å². The zero-order valence-electron chi connectivity index (χ0n) is 12.1. The number of hydrogen-bond acceptors (Lipinski definition) is 3. The zero-order chi connectivity index (χ0) is 15.4. The van der Waals surface area contributed by atoms with E-state index >= 15 is 0 Å². The Morgan fingerprint density at radius 3 is 2.71 bits per heavy atom. The van der Waals surface area contributed by atoms with Gasteiger partial charge in [0.05, 0.1) is 6.54 Å². The molecule has 0 aromatic heterocycles. The van der Waals surface area contributed by atoms with Crippen molar-refractivity contribution in [3.8, 4) is 0 Å². The van der Waals surface area contributed by atoms with Crippen LogP contribution in [0.15, 0.2) is 18.2 Å². The molecule has 0 atom stereocenters. The molecule has 0 aliphatic carbocycles.